The van der Waals surface area contributed by atoms with Crippen LogP contribution in [0.25, 0.3) is 0 Å². The summed E-state index contributed by atoms with van der Waals surface area (Å²) in [5.41, 5.74) is 4.34. The van der Waals surface area contributed by atoms with Gasteiger partial charge in [-0.15, -0.1) is 0 Å². The fourth-order valence-electron chi connectivity index (χ4n) is 6.98. The first-order valence-corrected chi connectivity index (χ1v) is 14.0. The van der Waals surface area contributed by atoms with Gasteiger partial charge in [0, 0.05) is 37.2 Å². The molecule has 2 N–H and O–H groups in total. The van der Waals surface area contributed by atoms with Crippen LogP contribution in [0.1, 0.15) is 72.5 Å². The summed E-state index contributed by atoms with van der Waals surface area (Å²) >= 11 is 0. The molecule has 0 radical (unpaired) electrons. The number of amides is 1. The molecule has 5 nitrogen and oxygen atoms in total. The number of fused-ring (bicyclic) bond motifs is 3. The summed E-state index contributed by atoms with van der Waals surface area (Å²) in [7, 11) is 0. The highest BCUT2D eigenvalue weighted by molar-refractivity contribution is 5.94. The maximum Gasteiger partial charge on any atom is 0.251 e. The number of aryl methyl sites for hydroxylation is 1. The molecular formula is C31H42N2O3. The number of nitrogens with zero attached hydrogens (tertiary/aromatic N) is 1. The third-order valence-electron chi connectivity index (χ3n) is 9.18. The van der Waals surface area contributed by atoms with E-state index in [4.69, 9.17) is 4.74 Å². The zero-order valence-electron chi connectivity index (χ0n) is 21.8. The van der Waals surface area contributed by atoms with E-state index in [9.17, 15) is 9.90 Å². The molecule has 1 saturated carbocycles. The molecular weight excluding hydrogens is 448 g/mol. The summed E-state index contributed by atoms with van der Waals surface area (Å²) in [6.07, 6.45) is 7.77. The van der Waals surface area contributed by atoms with Crippen molar-refractivity contribution in [2.75, 3.05) is 39.4 Å². The van der Waals surface area contributed by atoms with Crippen LogP contribution in [-0.2, 0) is 23.0 Å². The van der Waals surface area contributed by atoms with Gasteiger partial charge in [-0.25, -0.2) is 0 Å². The van der Waals surface area contributed by atoms with Crippen molar-refractivity contribution in [1.82, 2.24) is 10.2 Å². The number of hydrogen-bond acceptors (Lipinski definition) is 4. The molecule has 1 saturated heterocycles. The van der Waals surface area contributed by atoms with Crippen LogP contribution in [0.2, 0.25) is 0 Å². The molecule has 3 aliphatic rings. The van der Waals surface area contributed by atoms with Crippen LogP contribution < -0.4 is 5.32 Å². The fraction of sp³-hybridized carbons (Fsp3) is 0.581. The molecule has 5 rings (SSSR count). The third-order valence-corrected chi connectivity index (χ3v) is 9.18. The maximum absolute atomic E-state index is 13.0. The van der Waals surface area contributed by atoms with E-state index in [1.165, 1.54) is 16.7 Å². The monoisotopic (exact) mass is 490 g/mol. The van der Waals surface area contributed by atoms with Gasteiger partial charge in [0.2, 0.25) is 0 Å². The minimum atomic E-state index is -0.546. The van der Waals surface area contributed by atoms with Gasteiger partial charge in [0.25, 0.3) is 5.91 Å². The van der Waals surface area contributed by atoms with E-state index in [1.54, 1.807) is 0 Å². The Hall–Kier alpha value is -2.21. The lowest BCUT2D eigenvalue weighted by Crippen LogP contribution is -2.48. The van der Waals surface area contributed by atoms with Crippen molar-refractivity contribution >= 4 is 5.91 Å². The molecule has 2 fully saturated rings. The second-order valence-electron chi connectivity index (χ2n) is 11.3. The van der Waals surface area contributed by atoms with E-state index in [0.717, 1.165) is 89.8 Å². The highest BCUT2D eigenvalue weighted by atomic mass is 16.5. The van der Waals surface area contributed by atoms with Crippen LogP contribution in [0.3, 0.4) is 0 Å². The van der Waals surface area contributed by atoms with Gasteiger partial charge >= 0.3 is 0 Å². The summed E-state index contributed by atoms with van der Waals surface area (Å²) in [6.45, 7) is 7.08. The summed E-state index contributed by atoms with van der Waals surface area (Å²) in [5.74, 6) is 0.471. The maximum atomic E-state index is 13.0. The van der Waals surface area contributed by atoms with Crippen molar-refractivity contribution in [2.45, 2.75) is 69.3 Å². The lowest BCUT2D eigenvalue weighted by Gasteiger charge is -2.50. The lowest BCUT2D eigenvalue weighted by molar-refractivity contribution is -0.0497. The number of hydrogen-bond donors (Lipinski definition) is 2. The molecule has 1 aliphatic heterocycles. The first kappa shape index (κ1) is 25.4. The number of benzene rings is 2. The summed E-state index contributed by atoms with van der Waals surface area (Å²) in [6, 6.07) is 17.3. The Kier molecular flexibility index (Phi) is 7.80. The Morgan fingerprint density at radius 3 is 2.72 bits per heavy atom. The number of carbonyl (C=O) groups is 1. The minimum absolute atomic E-state index is 0.0138. The van der Waals surface area contributed by atoms with Crippen LogP contribution in [0.5, 0.6) is 0 Å². The molecule has 1 heterocycles. The van der Waals surface area contributed by atoms with Gasteiger partial charge in [-0.05, 0) is 86.1 Å². The number of ether oxygens (including phenoxy) is 1. The average Bonchev–Trinajstić information content (AvgIpc) is 3.06. The molecule has 194 valence electrons. The second kappa shape index (κ2) is 11.0. The minimum Gasteiger partial charge on any atom is -0.390 e. The Labute approximate surface area is 216 Å². The first-order valence-electron chi connectivity index (χ1n) is 14.0. The van der Waals surface area contributed by atoms with Crippen LogP contribution >= 0.6 is 0 Å². The number of morpholine rings is 1. The van der Waals surface area contributed by atoms with Gasteiger partial charge < -0.3 is 15.2 Å². The molecule has 0 spiro atoms. The second-order valence-corrected chi connectivity index (χ2v) is 11.3. The van der Waals surface area contributed by atoms with Crippen LogP contribution in [-0.4, -0.2) is 60.9 Å². The number of rotatable bonds is 7. The molecule has 0 aromatic heterocycles. The predicted octanol–water partition coefficient (Wildman–Crippen LogP) is 4.51. The zero-order valence-corrected chi connectivity index (χ0v) is 21.8. The Balaban J connectivity index is 1.39. The Morgan fingerprint density at radius 2 is 1.94 bits per heavy atom. The normalized spacial score (nSPS) is 28.6. The van der Waals surface area contributed by atoms with Gasteiger partial charge in [0.15, 0.2) is 0 Å². The van der Waals surface area contributed by atoms with Crippen molar-refractivity contribution in [3.8, 4) is 0 Å². The van der Waals surface area contributed by atoms with Crippen molar-refractivity contribution in [3.63, 3.8) is 0 Å². The Morgan fingerprint density at radius 1 is 1.14 bits per heavy atom. The van der Waals surface area contributed by atoms with Crippen LogP contribution in [0.15, 0.2) is 48.5 Å². The molecule has 2 aromatic rings. The molecule has 5 heteroatoms. The first-order chi connectivity index (χ1) is 17.5. The van der Waals surface area contributed by atoms with E-state index >= 15 is 0 Å². The van der Waals surface area contributed by atoms with Gasteiger partial charge in [-0.2, -0.15) is 0 Å². The SMILES string of the molecule is CC[C@@]1(O)CC[C@@]2(Cc3ccccc3)c3ccc(C(=O)NCCN4CCOCC4)cc3CCC[C@H]2C1. The van der Waals surface area contributed by atoms with E-state index < -0.39 is 5.60 Å². The van der Waals surface area contributed by atoms with Gasteiger partial charge in [0.05, 0.1) is 18.8 Å². The van der Waals surface area contributed by atoms with Crippen LogP contribution in [0.4, 0.5) is 0 Å². The molecule has 1 amide bonds. The molecule has 3 atom stereocenters. The third kappa shape index (κ3) is 5.39. The molecule has 0 bridgehead atoms. The van der Waals surface area contributed by atoms with Crippen LogP contribution in [0, 0.1) is 5.92 Å². The topological polar surface area (TPSA) is 61.8 Å². The van der Waals surface area contributed by atoms with Crippen molar-refractivity contribution in [2.24, 2.45) is 5.92 Å². The van der Waals surface area contributed by atoms with E-state index in [0.29, 0.717) is 12.5 Å². The van der Waals surface area contributed by atoms with Crippen molar-refractivity contribution in [1.29, 1.82) is 0 Å². The zero-order chi connectivity index (χ0) is 25.0. The summed E-state index contributed by atoms with van der Waals surface area (Å²) < 4.78 is 5.42. The van der Waals surface area contributed by atoms with E-state index in [1.807, 2.05) is 6.07 Å². The standard InChI is InChI=1S/C31H42N2O3/c1-2-30(35)13-14-31(22-24-7-4-3-5-8-24)27(23-30)10-6-9-25-21-26(11-12-28(25)31)29(34)32-15-16-33-17-19-36-20-18-33/h3-5,7-8,11-12,21,27,35H,2,6,9-10,13-20,22-23H2,1H3,(H,32,34)/t27-,30+,31-/m0/s1. The van der Waals surface area contributed by atoms with Gasteiger partial charge in [-0.1, -0.05) is 43.3 Å². The molecule has 36 heavy (non-hydrogen) atoms. The van der Waals surface area contributed by atoms with Gasteiger partial charge in [-0.3, -0.25) is 9.69 Å². The van der Waals surface area contributed by atoms with E-state index in [2.05, 4.69) is 59.6 Å². The quantitative estimate of drug-likeness (QED) is 0.600. The number of aliphatic hydroxyl groups is 1. The highest BCUT2D eigenvalue weighted by Crippen LogP contribution is 2.54. The van der Waals surface area contributed by atoms with Crippen molar-refractivity contribution < 1.29 is 14.6 Å². The average molecular weight is 491 g/mol. The number of carbonyl (C=O) groups excluding carboxylic acids is 1. The molecule has 0 unspecified atom stereocenters. The Bertz CT molecular complexity index is 1040. The highest BCUT2D eigenvalue weighted by Gasteiger charge is 2.50. The lowest BCUT2D eigenvalue weighted by atomic mass is 9.55. The molecule has 2 aromatic carbocycles. The van der Waals surface area contributed by atoms with Gasteiger partial charge in [0.1, 0.15) is 0 Å². The molecule has 2 aliphatic carbocycles. The van der Waals surface area contributed by atoms with Crippen molar-refractivity contribution in [3.05, 3.63) is 70.8 Å². The van der Waals surface area contributed by atoms with E-state index in [-0.39, 0.29) is 11.3 Å². The summed E-state index contributed by atoms with van der Waals surface area (Å²) in [5, 5.41) is 14.4. The predicted molar refractivity (Wildman–Crippen MR) is 143 cm³/mol. The smallest absolute Gasteiger partial charge is 0.251 e. The fourth-order valence-corrected chi connectivity index (χ4v) is 6.98. The number of nitrogens with one attached hydrogen (secondary N) is 1. The largest absolute Gasteiger partial charge is 0.390 e. The summed E-state index contributed by atoms with van der Waals surface area (Å²) in [4.78, 5) is 15.4.